The van der Waals surface area contributed by atoms with Gasteiger partial charge >= 0.3 is 0 Å². The lowest BCUT2D eigenvalue weighted by Crippen LogP contribution is -2.08. The summed E-state index contributed by atoms with van der Waals surface area (Å²) in [6, 6.07) is 7.84. The first-order valence-corrected chi connectivity index (χ1v) is 6.28. The van der Waals surface area contributed by atoms with E-state index in [1.165, 1.54) is 6.33 Å². The highest BCUT2D eigenvalue weighted by molar-refractivity contribution is 6.30. The van der Waals surface area contributed by atoms with Gasteiger partial charge in [-0.25, -0.2) is 15.0 Å². The zero-order valence-corrected chi connectivity index (χ0v) is 11.0. The Morgan fingerprint density at radius 3 is 2.74 bits per heavy atom. The fourth-order valence-electron chi connectivity index (χ4n) is 1.91. The molecule has 0 aliphatic heterocycles. The Bertz CT molecular complexity index is 692. The average Bonchev–Trinajstić information content (AvgIpc) is 2.89. The molecule has 3 rings (SSSR count). The van der Waals surface area contributed by atoms with E-state index in [9.17, 15) is 0 Å². The van der Waals surface area contributed by atoms with Gasteiger partial charge in [-0.2, -0.15) is 0 Å². The highest BCUT2D eigenvalue weighted by Gasteiger charge is 2.10. The molecule has 6 heteroatoms. The Labute approximate surface area is 115 Å². The summed E-state index contributed by atoms with van der Waals surface area (Å²) in [5, 5.41) is 4.07. The highest BCUT2D eigenvalue weighted by Crippen LogP contribution is 2.22. The Morgan fingerprint density at radius 2 is 1.95 bits per heavy atom. The summed E-state index contributed by atoms with van der Waals surface area (Å²) >= 11 is 5.89. The first kappa shape index (κ1) is 11.9. The molecule has 2 aromatic heterocycles. The largest absolute Gasteiger partial charge is 0.362 e. The van der Waals surface area contributed by atoms with Gasteiger partial charge in [-0.3, -0.25) is 0 Å². The van der Waals surface area contributed by atoms with E-state index in [4.69, 9.17) is 11.6 Å². The molecule has 19 heavy (non-hydrogen) atoms. The first-order valence-electron chi connectivity index (χ1n) is 5.90. The molecule has 0 aliphatic rings. The van der Waals surface area contributed by atoms with Crippen LogP contribution in [0.25, 0.3) is 11.2 Å². The van der Waals surface area contributed by atoms with E-state index in [2.05, 4.69) is 32.2 Å². The van der Waals surface area contributed by atoms with Crippen molar-refractivity contribution in [2.24, 2.45) is 0 Å². The molecule has 0 unspecified atom stereocenters. The Hall–Kier alpha value is -2.14. The lowest BCUT2D eigenvalue weighted by Gasteiger charge is -2.15. The van der Waals surface area contributed by atoms with Crippen LogP contribution >= 0.6 is 11.6 Å². The maximum absolute atomic E-state index is 5.89. The van der Waals surface area contributed by atoms with Crippen LogP contribution in [-0.4, -0.2) is 19.9 Å². The van der Waals surface area contributed by atoms with Crippen molar-refractivity contribution in [3.8, 4) is 0 Å². The summed E-state index contributed by atoms with van der Waals surface area (Å²) in [6.07, 6.45) is 3.11. The summed E-state index contributed by atoms with van der Waals surface area (Å²) in [5.41, 5.74) is 2.60. The summed E-state index contributed by atoms with van der Waals surface area (Å²) in [6.45, 7) is 2.06. The summed E-state index contributed by atoms with van der Waals surface area (Å²) in [7, 11) is 0. The maximum atomic E-state index is 5.89. The third-order valence-corrected chi connectivity index (χ3v) is 3.20. The van der Waals surface area contributed by atoms with Crippen LogP contribution in [0.2, 0.25) is 5.02 Å². The zero-order valence-electron chi connectivity index (χ0n) is 10.3. The number of rotatable bonds is 3. The third-order valence-electron chi connectivity index (χ3n) is 2.95. The van der Waals surface area contributed by atoms with Crippen LogP contribution in [-0.2, 0) is 0 Å². The fourth-order valence-corrected chi connectivity index (χ4v) is 2.04. The molecule has 0 spiro atoms. The summed E-state index contributed by atoms with van der Waals surface area (Å²) in [4.78, 5) is 15.5. The number of hydrogen-bond donors (Lipinski definition) is 2. The molecule has 1 atom stereocenters. The van der Waals surface area contributed by atoms with Gasteiger partial charge in [0, 0.05) is 5.02 Å². The lowest BCUT2D eigenvalue weighted by molar-refractivity contribution is 0.875. The average molecular weight is 274 g/mol. The topological polar surface area (TPSA) is 66.5 Å². The van der Waals surface area contributed by atoms with Gasteiger partial charge in [0.2, 0.25) is 0 Å². The smallest absolute Gasteiger partial charge is 0.182 e. The number of fused-ring (bicyclic) bond motifs is 1. The SMILES string of the molecule is C[C@H](Nc1ncnc2nc[nH]c12)c1ccc(Cl)cc1. The van der Waals surface area contributed by atoms with Crippen molar-refractivity contribution in [3.63, 3.8) is 0 Å². The van der Waals surface area contributed by atoms with Gasteiger partial charge < -0.3 is 10.3 Å². The van der Waals surface area contributed by atoms with Crippen molar-refractivity contribution in [3.05, 3.63) is 47.5 Å². The Morgan fingerprint density at radius 1 is 1.16 bits per heavy atom. The van der Waals surface area contributed by atoms with E-state index < -0.39 is 0 Å². The van der Waals surface area contributed by atoms with Crippen LogP contribution in [0.15, 0.2) is 36.9 Å². The van der Waals surface area contributed by atoms with Crippen LogP contribution in [0.1, 0.15) is 18.5 Å². The van der Waals surface area contributed by atoms with Crippen LogP contribution < -0.4 is 5.32 Å². The quantitative estimate of drug-likeness (QED) is 0.769. The van der Waals surface area contributed by atoms with Crippen molar-refractivity contribution in [1.82, 2.24) is 19.9 Å². The number of anilines is 1. The standard InChI is InChI=1S/C13H12ClN5/c1-8(9-2-4-10(14)5-3-9)19-13-11-12(16-6-15-11)17-7-18-13/h2-8H,1H3,(H2,15,16,17,18,19)/t8-/m0/s1. The van der Waals surface area contributed by atoms with Crippen molar-refractivity contribution in [2.45, 2.75) is 13.0 Å². The summed E-state index contributed by atoms with van der Waals surface area (Å²) < 4.78 is 0. The molecule has 0 saturated carbocycles. The number of nitrogens with zero attached hydrogens (tertiary/aromatic N) is 3. The second-order valence-corrected chi connectivity index (χ2v) is 4.68. The molecule has 2 N–H and O–H groups in total. The van der Waals surface area contributed by atoms with Gasteiger partial charge in [-0.1, -0.05) is 23.7 Å². The monoisotopic (exact) mass is 273 g/mol. The molecule has 0 bridgehead atoms. The van der Waals surface area contributed by atoms with E-state index in [1.807, 2.05) is 24.3 Å². The predicted molar refractivity (Wildman–Crippen MR) is 75.2 cm³/mol. The lowest BCUT2D eigenvalue weighted by atomic mass is 10.1. The molecule has 0 saturated heterocycles. The van der Waals surface area contributed by atoms with E-state index in [0.29, 0.717) is 5.65 Å². The second kappa shape index (κ2) is 4.85. The third kappa shape index (κ3) is 2.37. The number of aromatic amines is 1. The number of benzene rings is 1. The van der Waals surface area contributed by atoms with Crippen molar-refractivity contribution in [2.75, 3.05) is 5.32 Å². The van der Waals surface area contributed by atoms with Crippen molar-refractivity contribution >= 4 is 28.6 Å². The molecule has 2 heterocycles. The number of hydrogen-bond acceptors (Lipinski definition) is 4. The second-order valence-electron chi connectivity index (χ2n) is 4.24. The molecule has 3 aromatic rings. The summed E-state index contributed by atoms with van der Waals surface area (Å²) in [5.74, 6) is 0.741. The van der Waals surface area contributed by atoms with E-state index in [0.717, 1.165) is 21.9 Å². The van der Waals surface area contributed by atoms with Gasteiger partial charge in [0.1, 0.15) is 11.8 Å². The molecule has 0 amide bonds. The van der Waals surface area contributed by atoms with Crippen LogP contribution in [0, 0.1) is 0 Å². The van der Waals surface area contributed by atoms with Gasteiger partial charge in [0.15, 0.2) is 11.5 Å². The number of nitrogens with one attached hydrogen (secondary N) is 2. The number of H-pyrrole nitrogens is 1. The minimum absolute atomic E-state index is 0.110. The van der Waals surface area contributed by atoms with Crippen molar-refractivity contribution in [1.29, 1.82) is 0 Å². The Balaban J connectivity index is 1.88. The number of aromatic nitrogens is 4. The van der Waals surface area contributed by atoms with E-state index in [1.54, 1.807) is 6.33 Å². The van der Waals surface area contributed by atoms with Gasteiger partial charge in [-0.15, -0.1) is 0 Å². The fraction of sp³-hybridized carbons (Fsp3) is 0.154. The minimum atomic E-state index is 0.110. The molecule has 96 valence electrons. The first-order chi connectivity index (χ1) is 9.24. The van der Waals surface area contributed by atoms with Crippen LogP contribution in [0.5, 0.6) is 0 Å². The van der Waals surface area contributed by atoms with Gasteiger partial charge in [0.05, 0.1) is 12.4 Å². The molecule has 1 aromatic carbocycles. The number of imidazole rings is 1. The molecular weight excluding hydrogens is 262 g/mol. The van der Waals surface area contributed by atoms with Crippen molar-refractivity contribution < 1.29 is 0 Å². The maximum Gasteiger partial charge on any atom is 0.182 e. The van der Waals surface area contributed by atoms with Crippen LogP contribution in [0.4, 0.5) is 5.82 Å². The molecule has 5 nitrogen and oxygen atoms in total. The zero-order chi connectivity index (χ0) is 13.2. The van der Waals surface area contributed by atoms with Gasteiger partial charge in [-0.05, 0) is 24.6 Å². The highest BCUT2D eigenvalue weighted by atomic mass is 35.5. The van der Waals surface area contributed by atoms with Crippen LogP contribution in [0.3, 0.4) is 0 Å². The van der Waals surface area contributed by atoms with E-state index >= 15 is 0 Å². The molecule has 0 aliphatic carbocycles. The number of halogens is 1. The molecule has 0 fully saturated rings. The Kier molecular flexibility index (Phi) is 3.05. The normalized spacial score (nSPS) is 12.5. The molecular formula is C13H12ClN5. The van der Waals surface area contributed by atoms with E-state index in [-0.39, 0.29) is 6.04 Å². The predicted octanol–water partition coefficient (Wildman–Crippen LogP) is 3.18. The molecule has 0 radical (unpaired) electrons. The minimum Gasteiger partial charge on any atom is -0.362 e. The van der Waals surface area contributed by atoms with Gasteiger partial charge in [0.25, 0.3) is 0 Å².